The van der Waals surface area contributed by atoms with Crippen LogP contribution in [0.1, 0.15) is 67.0 Å². The van der Waals surface area contributed by atoms with Crippen molar-refractivity contribution < 1.29 is 58.6 Å². The molecule has 1 heterocycles. The first-order valence-corrected chi connectivity index (χ1v) is 13.1. The molecule has 0 spiro atoms. The van der Waals surface area contributed by atoms with Gasteiger partial charge in [-0.25, -0.2) is 9.59 Å². The average molecular weight is 627 g/mol. The van der Waals surface area contributed by atoms with Gasteiger partial charge in [-0.3, -0.25) is 9.80 Å². The Kier molecular flexibility index (Phi) is 8.59. The second-order valence-electron chi connectivity index (χ2n) is 10.7. The minimum absolute atomic E-state index is 0.0130. The Morgan fingerprint density at radius 3 is 1.91 bits per heavy atom. The second-order valence-corrected chi connectivity index (χ2v) is 10.7. The Morgan fingerprint density at radius 2 is 1.44 bits per heavy atom. The van der Waals surface area contributed by atoms with Crippen molar-refractivity contribution in [2.45, 2.75) is 76.4 Å². The maximum atomic E-state index is 13.8. The van der Waals surface area contributed by atoms with Gasteiger partial charge in [0.1, 0.15) is 0 Å². The van der Waals surface area contributed by atoms with Crippen molar-refractivity contribution in [3.8, 4) is 0 Å². The topological polar surface area (TPSA) is 59.1 Å². The highest BCUT2D eigenvalue weighted by Crippen LogP contribution is 2.50. The molecule has 1 aliphatic heterocycles. The summed E-state index contributed by atoms with van der Waals surface area (Å²) in [5.74, 6) is -0.199. The zero-order valence-electron chi connectivity index (χ0n) is 23.0. The first-order valence-electron chi connectivity index (χ1n) is 13.1. The van der Waals surface area contributed by atoms with Gasteiger partial charge in [0.05, 0.1) is 41.6 Å². The number of hydrogen-bond donors (Lipinski definition) is 0. The number of alkyl halides is 9. The van der Waals surface area contributed by atoms with Gasteiger partial charge in [-0.1, -0.05) is 6.07 Å². The van der Waals surface area contributed by atoms with Gasteiger partial charge in [-0.05, 0) is 80.5 Å². The third-order valence-electron chi connectivity index (χ3n) is 7.26. The summed E-state index contributed by atoms with van der Waals surface area (Å²) in [6.45, 7) is 2.29. The smallest absolute Gasteiger partial charge is 0.416 e. The lowest BCUT2D eigenvalue weighted by Gasteiger charge is -2.44. The van der Waals surface area contributed by atoms with Crippen LogP contribution >= 0.6 is 0 Å². The summed E-state index contributed by atoms with van der Waals surface area (Å²) in [5, 5.41) is 0. The van der Waals surface area contributed by atoms with E-state index in [0.717, 1.165) is 35.1 Å². The average Bonchev–Trinajstić information content (AvgIpc) is 3.73. The van der Waals surface area contributed by atoms with E-state index in [0.29, 0.717) is 25.0 Å². The van der Waals surface area contributed by atoms with E-state index < -0.39 is 77.7 Å². The molecule has 0 bridgehead atoms. The summed E-state index contributed by atoms with van der Waals surface area (Å²) < 4.78 is 133. The van der Waals surface area contributed by atoms with E-state index in [-0.39, 0.29) is 29.7 Å². The molecule has 0 unspecified atom stereocenters. The first-order chi connectivity index (χ1) is 19.8. The third kappa shape index (κ3) is 7.12. The molecule has 4 rings (SSSR count). The number of benzene rings is 2. The van der Waals surface area contributed by atoms with Crippen LogP contribution in [0.3, 0.4) is 0 Å². The van der Waals surface area contributed by atoms with Crippen LogP contribution in [0.2, 0.25) is 0 Å². The molecule has 15 heteroatoms. The first kappa shape index (κ1) is 32.3. The molecule has 2 atom stereocenters. The van der Waals surface area contributed by atoms with Gasteiger partial charge in [-0.15, -0.1) is 0 Å². The fourth-order valence-electron chi connectivity index (χ4n) is 5.25. The van der Waals surface area contributed by atoms with Gasteiger partial charge in [0.25, 0.3) is 0 Å². The summed E-state index contributed by atoms with van der Waals surface area (Å²) in [6.07, 6.45) is -16.7. The zero-order valence-corrected chi connectivity index (χ0v) is 23.0. The number of rotatable bonds is 5. The van der Waals surface area contributed by atoms with E-state index in [1.165, 1.54) is 0 Å². The quantitative estimate of drug-likeness (QED) is 0.312. The predicted octanol–water partition coefficient (Wildman–Crippen LogP) is 8.59. The largest absolute Gasteiger partial charge is 0.453 e. The number of carbonyl (C=O) groups is 2. The maximum Gasteiger partial charge on any atom is 0.416 e. The van der Waals surface area contributed by atoms with Gasteiger partial charge in [0, 0.05) is 12.6 Å². The molecule has 0 saturated heterocycles. The minimum Gasteiger partial charge on any atom is -0.453 e. The summed E-state index contributed by atoms with van der Waals surface area (Å²) in [6, 6.07) is 1.39. The van der Waals surface area contributed by atoms with Gasteiger partial charge in [0.2, 0.25) is 0 Å². The van der Waals surface area contributed by atoms with Crippen molar-refractivity contribution in [1.29, 1.82) is 0 Å². The Labute approximate surface area is 240 Å². The van der Waals surface area contributed by atoms with Gasteiger partial charge >= 0.3 is 30.7 Å². The lowest BCUT2D eigenvalue weighted by Crippen LogP contribution is -2.50. The van der Waals surface area contributed by atoms with Crippen molar-refractivity contribution in [2.24, 2.45) is 5.92 Å². The highest BCUT2D eigenvalue weighted by atomic mass is 19.4. The lowest BCUT2D eigenvalue weighted by atomic mass is 9.87. The van der Waals surface area contributed by atoms with E-state index in [4.69, 9.17) is 9.47 Å². The van der Waals surface area contributed by atoms with Crippen LogP contribution in [0.15, 0.2) is 36.4 Å². The molecule has 2 aliphatic rings. The molecule has 2 aromatic carbocycles. The number of halogens is 9. The van der Waals surface area contributed by atoms with Crippen molar-refractivity contribution in [3.05, 3.63) is 64.2 Å². The number of fused-ring (bicyclic) bond motifs is 1. The van der Waals surface area contributed by atoms with Crippen molar-refractivity contribution >= 4 is 17.9 Å². The van der Waals surface area contributed by atoms with E-state index in [1.54, 1.807) is 13.8 Å². The number of amides is 2. The standard InChI is InChI=1S/C28H27F9N2O4/c1-14(2)43-25(41)39-21(16-4-5-16)12-22(20-7-6-17(11-23(20)39)26(29,30)31)38(24(40)42-3)13-15-8-18(27(32,33)34)10-19(9-15)28(35,36)37/h6-11,14,16,21-22H,4-5,12-13H2,1-3H3/t21-,22-/m1/s1. The van der Waals surface area contributed by atoms with Gasteiger partial charge < -0.3 is 9.47 Å². The van der Waals surface area contributed by atoms with Crippen LogP contribution in [0, 0.1) is 5.92 Å². The molecule has 6 nitrogen and oxygen atoms in total. The van der Waals surface area contributed by atoms with Crippen LogP contribution in [0.5, 0.6) is 0 Å². The number of hydrogen-bond acceptors (Lipinski definition) is 4. The summed E-state index contributed by atoms with van der Waals surface area (Å²) in [5.41, 5.74) is -5.06. The van der Waals surface area contributed by atoms with Gasteiger partial charge in [-0.2, -0.15) is 39.5 Å². The molecule has 0 aromatic heterocycles. The molecular weight excluding hydrogens is 599 g/mol. The SMILES string of the molecule is COC(=O)N(Cc1cc(C(F)(F)F)cc(C(F)(F)F)c1)[C@@H]1C[C@H](C2CC2)N(C(=O)OC(C)C)c2cc(C(F)(F)F)ccc21. The monoisotopic (exact) mass is 626 g/mol. The van der Waals surface area contributed by atoms with E-state index >= 15 is 0 Å². The normalized spacial score (nSPS) is 19.2. The van der Waals surface area contributed by atoms with Gasteiger partial charge in [0.15, 0.2) is 0 Å². The number of nitrogens with zero attached hydrogens (tertiary/aromatic N) is 2. The van der Waals surface area contributed by atoms with E-state index in [9.17, 15) is 49.1 Å². The van der Waals surface area contributed by atoms with Crippen molar-refractivity contribution in [2.75, 3.05) is 12.0 Å². The van der Waals surface area contributed by atoms with E-state index in [2.05, 4.69) is 0 Å². The zero-order chi connectivity index (χ0) is 32.1. The summed E-state index contributed by atoms with van der Waals surface area (Å²) in [4.78, 5) is 28.2. The molecule has 2 aromatic rings. The molecule has 236 valence electrons. The maximum absolute atomic E-state index is 13.8. The number of anilines is 1. The van der Waals surface area contributed by atoms with Crippen LogP contribution in [0.4, 0.5) is 54.8 Å². The Bertz CT molecular complexity index is 1340. The van der Waals surface area contributed by atoms with Crippen LogP contribution < -0.4 is 4.90 Å². The Morgan fingerprint density at radius 1 is 0.884 bits per heavy atom. The van der Waals surface area contributed by atoms with Crippen molar-refractivity contribution in [1.82, 2.24) is 4.90 Å². The fourth-order valence-corrected chi connectivity index (χ4v) is 5.25. The molecule has 0 N–H and O–H groups in total. The summed E-state index contributed by atoms with van der Waals surface area (Å²) in [7, 11) is 0.948. The lowest BCUT2D eigenvalue weighted by molar-refractivity contribution is -0.143. The van der Waals surface area contributed by atoms with Crippen molar-refractivity contribution in [3.63, 3.8) is 0 Å². The van der Waals surface area contributed by atoms with Crippen LogP contribution in [-0.4, -0.2) is 36.3 Å². The molecule has 43 heavy (non-hydrogen) atoms. The Balaban J connectivity index is 1.87. The molecule has 1 fully saturated rings. The highest BCUT2D eigenvalue weighted by molar-refractivity contribution is 5.91. The van der Waals surface area contributed by atoms with E-state index in [1.807, 2.05) is 0 Å². The number of methoxy groups -OCH3 is 1. The Hall–Kier alpha value is -3.65. The molecule has 0 radical (unpaired) electrons. The highest BCUT2D eigenvalue weighted by Gasteiger charge is 2.48. The predicted molar refractivity (Wildman–Crippen MR) is 134 cm³/mol. The second kappa shape index (κ2) is 11.5. The third-order valence-corrected chi connectivity index (χ3v) is 7.26. The molecule has 1 aliphatic carbocycles. The molecule has 1 saturated carbocycles. The fraction of sp³-hybridized carbons (Fsp3) is 0.500. The number of ether oxygens (including phenoxy) is 2. The number of carbonyl (C=O) groups excluding carboxylic acids is 2. The summed E-state index contributed by atoms with van der Waals surface area (Å²) >= 11 is 0. The molecular formula is C28H27F9N2O4. The van der Waals surface area contributed by atoms with Crippen LogP contribution in [0.25, 0.3) is 0 Å². The molecule has 2 amide bonds. The van der Waals surface area contributed by atoms with Crippen LogP contribution in [-0.2, 0) is 34.5 Å². The minimum atomic E-state index is -5.15.